The Hall–Kier alpha value is -3.62. The lowest BCUT2D eigenvalue weighted by Gasteiger charge is -2.35. The molecule has 3 aromatic rings. The number of anilines is 1. The van der Waals surface area contributed by atoms with Crippen molar-refractivity contribution in [2.75, 3.05) is 18.9 Å². The molecule has 8 nitrogen and oxygen atoms in total. The smallest absolute Gasteiger partial charge is 0.269 e. The molecule has 5 rings (SSSR count). The van der Waals surface area contributed by atoms with Gasteiger partial charge in [-0.2, -0.15) is 0 Å². The summed E-state index contributed by atoms with van der Waals surface area (Å²) in [5, 5.41) is 14.8. The highest BCUT2D eigenvalue weighted by molar-refractivity contribution is 6.31. The van der Waals surface area contributed by atoms with Crippen LogP contribution in [-0.4, -0.2) is 40.1 Å². The third-order valence-corrected chi connectivity index (χ3v) is 6.88. The number of hydrogen-bond donors (Lipinski definition) is 1. The highest BCUT2D eigenvalue weighted by Gasteiger charge is 2.64. The molecule has 3 heterocycles. The number of nitrogens with zero attached hydrogens (tertiary/aromatic N) is 3. The standard InChI is InChI=1S/C24H19ClN4O4/c1-28-13-18(14-4-2-6-17(10-14)29(32)33)21(22(30)15-5-3-9-26-12-15)24(28)19-11-16(25)7-8-20(19)27-23(24)31/h2-12,18,21H,13H2,1H3,(H,27,31)/t18-,21?,24-/m1/s1. The average molecular weight is 463 g/mol. The molecule has 2 aliphatic rings. The maximum absolute atomic E-state index is 14.0. The van der Waals surface area contributed by atoms with E-state index in [9.17, 15) is 19.7 Å². The summed E-state index contributed by atoms with van der Waals surface area (Å²) in [4.78, 5) is 44.5. The Balaban J connectivity index is 1.74. The second kappa shape index (κ2) is 7.75. The van der Waals surface area contributed by atoms with Crippen LogP contribution in [0, 0.1) is 16.0 Å². The lowest BCUT2D eigenvalue weighted by atomic mass is 9.70. The number of rotatable bonds is 4. The molecule has 3 atom stereocenters. The van der Waals surface area contributed by atoms with Gasteiger partial charge in [0, 0.05) is 58.8 Å². The molecule has 0 aliphatic carbocycles. The van der Waals surface area contributed by atoms with Crippen molar-refractivity contribution in [1.29, 1.82) is 0 Å². The van der Waals surface area contributed by atoms with Gasteiger partial charge < -0.3 is 5.32 Å². The monoisotopic (exact) mass is 462 g/mol. The van der Waals surface area contributed by atoms with Gasteiger partial charge in [-0.3, -0.25) is 29.6 Å². The summed E-state index contributed by atoms with van der Waals surface area (Å²) in [5.41, 5.74) is 0.831. The molecule has 33 heavy (non-hydrogen) atoms. The van der Waals surface area contributed by atoms with Crippen LogP contribution in [0.3, 0.4) is 0 Å². The number of pyridine rings is 1. The molecule has 2 aliphatic heterocycles. The highest BCUT2D eigenvalue weighted by atomic mass is 35.5. The number of ketones is 1. The van der Waals surface area contributed by atoms with Crippen molar-refractivity contribution in [2.45, 2.75) is 11.5 Å². The molecule has 0 saturated carbocycles. The van der Waals surface area contributed by atoms with Gasteiger partial charge in [-0.15, -0.1) is 0 Å². The number of likely N-dealkylation sites (tertiary alicyclic amines) is 1. The van der Waals surface area contributed by atoms with E-state index >= 15 is 0 Å². The Morgan fingerprint density at radius 2 is 2.06 bits per heavy atom. The van der Waals surface area contributed by atoms with E-state index in [0.29, 0.717) is 33.9 Å². The Labute approximate surface area is 194 Å². The van der Waals surface area contributed by atoms with Crippen LogP contribution in [0.15, 0.2) is 67.0 Å². The van der Waals surface area contributed by atoms with Gasteiger partial charge in [0.05, 0.1) is 10.8 Å². The number of fused-ring (bicyclic) bond motifs is 2. The first kappa shape index (κ1) is 21.2. The molecular weight excluding hydrogens is 444 g/mol. The van der Waals surface area contributed by atoms with E-state index in [0.717, 1.165) is 0 Å². The van der Waals surface area contributed by atoms with Crippen LogP contribution in [0.4, 0.5) is 11.4 Å². The van der Waals surface area contributed by atoms with Crippen LogP contribution in [0.5, 0.6) is 0 Å². The van der Waals surface area contributed by atoms with Crippen molar-refractivity contribution in [3.63, 3.8) is 0 Å². The quantitative estimate of drug-likeness (QED) is 0.356. The number of likely N-dealkylation sites (N-methyl/N-ethyl adjacent to an activating group) is 1. The largest absolute Gasteiger partial charge is 0.324 e. The van der Waals surface area contributed by atoms with Gasteiger partial charge in [-0.05, 0) is 42.9 Å². The molecular formula is C24H19ClN4O4. The summed E-state index contributed by atoms with van der Waals surface area (Å²) in [5.74, 6) is -1.91. The van der Waals surface area contributed by atoms with Gasteiger partial charge in [-0.25, -0.2) is 0 Å². The molecule has 1 N–H and O–H groups in total. The number of nitro benzene ring substituents is 1. The zero-order valence-corrected chi connectivity index (χ0v) is 18.3. The number of halogens is 1. The van der Waals surface area contributed by atoms with Crippen molar-refractivity contribution in [2.24, 2.45) is 5.92 Å². The van der Waals surface area contributed by atoms with Gasteiger partial charge in [0.1, 0.15) is 5.54 Å². The molecule has 1 saturated heterocycles. The number of aromatic nitrogens is 1. The number of Topliss-reactive ketones (excluding diaryl/α,β-unsaturated/α-hetero) is 1. The fourth-order valence-electron chi connectivity index (χ4n) is 5.27. The van der Waals surface area contributed by atoms with Crippen molar-refractivity contribution in [1.82, 2.24) is 9.88 Å². The number of amides is 1. The van der Waals surface area contributed by atoms with Crippen LogP contribution >= 0.6 is 11.6 Å². The topological polar surface area (TPSA) is 105 Å². The maximum atomic E-state index is 14.0. The maximum Gasteiger partial charge on any atom is 0.269 e. The summed E-state index contributed by atoms with van der Waals surface area (Å²) in [6.07, 6.45) is 3.05. The highest BCUT2D eigenvalue weighted by Crippen LogP contribution is 2.56. The van der Waals surface area contributed by atoms with Crippen LogP contribution < -0.4 is 5.32 Å². The van der Waals surface area contributed by atoms with Gasteiger partial charge in [0.15, 0.2) is 5.78 Å². The lowest BCUT2D eigenvalue weighted by molar-refractivity contribution is -0.384. The summed E-state index contributed by atoms with van der Waals surface area (Å²) in [6, 6.07) is 14.7. The van der Waals surface area contributed by atoms with E-state index in [2.05, 4.69) is 10.3 Å². The molecule has 1 spiro atoms. The molecule has 1 fully saturated rings. The number of nitro groups is 1. The molecule has 1 amide bonds. The van der Waals surface area contributed by atoms with E-state index in [-0.39, 0.29) is 17.4 Å². The van der Waals surface area contributed by atoms with E-state index in [1.54, 1.807) is 55.7 Å². The van der Waals surface area contributed by atoms with Crippen LogP contribution in [0.2, 0.25) is 5.02 Å². The number of nitrogens with one attached hydrogen (secondary N) is 1. The number of hydrogen-bond acceptors (Lipinski definition) is 6. The summed E-state index contributed by atoms with van der Waals surface area (Å²) < 4.78 is 0. The first-order valence-electron chi connectivity index (χ1n) is 10.4. The predicted molar refractivity (Wildman–Crippen MR) is 122 cm³/mol. The van der Waals surface area contributed by atoms with Crippen molar-refractivity contribution < 1.29 is 14.5 Å². The van der Waals surface area contributed by atoms with E-state index in [4.69, 9.17) is 11.6 Å². The van der Waals surface area contributed by atoms with Crippen LogP contribution in [-0.2, 0) is 10.3 Å². The minimum atomic E-state index is -1.32. The summed E-state index contributed by atoms with van der Waals surface area (Å²) in [7, 11) is 1.79. The lowest BCUT2D eigenvalue weighted by Crippen LogP contribution is -2.51. The van der Waals surface area contributed by atoms with Gasteiger partial charge in [0.2, 0.25) is 5.91 Å². The molecule has 1 aromatic heterocycles. The summed E-state index contributed by atoms with van der Waals surface area (Å²) >= 11 is 6.31. The van der Waals surface area contributed by atoms with Crippen molar-refractivity contribution >= 4 is 34.7 Å². The third-order valence-electron chi connectivity index (χ3n) is 6.65. The zero-order valence-electron chi connectivity index (χ0n) is 17.6. The average Bonchev–Trinajstić information content (AvgIpc) is 3.29. The fraction of sp³-hybridized carbons (Fsp3) is 0.208. The molecule has 2 aromatic carbocycles. The van der Waals surface area contributed by atoms with Crippen molar-refractivity contribution in [3.8, 4) is 0 Å². The van der Waals surface area contributed by atoms with Gasteiger partial charge >= 0.3 is 0 Å². The number of carbonyl (C=O) groups excluding carboxylic acids is 2. The second-order valence-corrected chi connectivity index (χ2v) is 8.77. The minimum absolute atomic E-state index is 0.0667. The fourth-order valence-corrected chi connectivity index (χ4v) is 5.44. The van der Waals surface area contributed by atoms with E-state index < -0.39 is 22.3 Å². The van der Waals surface area contributed by atoms with E-state index in [1.165, 1.54) is 18.3 Å². The number of carbonyl (C=O) groups is 2. The first-order valence-corrected chi connectivity index (χ1v) is 10.7. The Morgan fingerprint density at radius 3 is 2.79 bits per heavy atom. The zero-order chi connectivity index (χ0) is 23.3. The SMILES string of the molecule is CN1C[C@H](c2cccc([N+](=O)[O-])c2)C(C(=O)c2cccnc2)[C@]12C(=O)Nc1ccc(Cl)cc12. The second-order valence-electron chi connectivity index (χ2n) is 8.33. The molecule has 0 bridgehead atoms. The predicted octanol–water partition coefficient (Wildman–Crippen LogP) is 4.02. The number of benzene rings is 2. The molecule has 0 radical (unpaired) electrons. The molecule has 9 heteroatoms. The third kappa shape index (κ3) is 3.13. The molecule has 1 unspecified atom stereocenters. The Morgan fingerprint density at radius 1 is 1.24 bits per heavy atom. The van der Waals surface area contributed by atoms with Crippen LogP contribution in [0.1, 0.15) is 27.4 Å². The first-order chi connectivity index (χ1) is 15.8. The van der Waals surface area contributed by atoms with Crippen molar-refractivity contribution in [3.05, 3.63) is 98.8 Å². The Kier molecular flexibility index (Phi) is 4.99. The molecule has 166 valence electrons. The van der Waals surface area contributed by atoms with Gasteiger partial charge in [-0.1, -0.05) is 23.7 Å². The Bertz CT molecular complexity index is 1300. The minimum Gasteiger partial charge on any atom is -0.324 e. The van der Waals surface area contributed by atoms with E-state index in [1.807, 2.05) is 4.90 Å². The van der Waals surface area contributed by atoms with Crippen LogP contribution in [0.25, 0.3) is 0 Å². The normalized spacial score (nSPS) is 24.0. The number of non-ortho nitro benzene ring substituents is 1. The van der Waals surface area contributed by atoms with Gasteiger partial charge in [0.25, 0.3) is 5.69 Å². The summed E-state index contributed by atoms with van der Waals surface area (Å²) in [6.45, 7) is 0.344.